The molecule has 0 N–H and O–H groups in total. The van der Waals surface area contributed by atoms with E-state index in [-0.39, 0.29) is 0 Å². The highest BCUT2D eigenvalue weighted by Gasteiger charge is 2.08. The Morgan fingerprint density at radius 2 is 2.00 bits per heavy atom. The van der Waals surface area contributed by atoms with E-state index in [4.69, 9.17) is 0 Å². The van der Waals surface area contributed by atoms with Crippen molar-refractivity contribution in [3.05, 3.63) is 35.9 Å². The topological polar surface area (TPSA) is 0 Å². The summed E-state index contributed by atoms with van der Waals surface area (Å²) in [5.41, 5.74) is 1.45. The van der Waals surface area contributed by atoms with Crippen LogP contribution in [0.2, 0.25) is 0 Å². The van der Waals surface area contributed by atoms with Crippen LogP contribution in [0.1, 0.15) is 17.9 Å². The third-order valence-corrected chi connectivity index (χ3v) is 3.55. The quantitative estimate of drug-likeness (QED) is 0.722. The first-order chi connectivity index (χ1) is 6.38. The van der Waals surface area contributed by atoms with Crippen LogP contribution < -0.4 is 0 Å². The van der Waals surface area contributed by atoms with Crippen LogP contribution in [0.5, 0.6) is 0 Å². The van der Waals surface area contributed by atoms with E-state index in [9.17, 15) is 0 Å². The molecule has 0 nitrogen and oxygen atoms in total. The lowest BCUT2D eigenvalue weighted by Gasteiger charge is -2.13. The molecular formula is C11H15BrS. The standard InChI is InChI=1S/C11H15BrS/c1-13-8-7-11(9-12)10-5-3-2-4-6-10/h2-6,11H,7-9H2,1H3. The Morgan fingerprint density at radius 3 is 2.54 bits per heavy atom. The Labute approximate surface area is 93.2 Å². The maximum Gasteiger partial charge on any atom is 0.0100 e. The van der Waals surface area contributed by atoms with Crippen molar-refractivity contribution in [1.29, 1.82) is 0 Å². The summed E-state index contributed by atoms with van der Waals surface area (Å²) in [6.45, 7) is 0. The molecular weight excluding hydrogens is 244 g/mol. The minimum absolute atomic E-state index is 0.675. The van der Waals surface area contributed by atoms with Crippen molar-refractivity contribution in [2.24, 2.45) is 0 Å². The maximum atomic E-state index is 3.57. The van der Waals surface area contributed by atoms with E-state index in [1.807, 2.05) is 11.8 Å². The molecule has 1 unspecified atom stereocenters. The minimum Gasteiger partial charge on any atom is -0.165 e. The second kappa shape index (κ2) is 6.50. The molecule has 1 atom stereocenters. The average molecular weight is 259 g/mol. The highest BCUT2D eigenvalue weighted by molar-refractivity contribution is 9.09. The van der Waals surface area contributed by atoms with Gasteiger partial charge in [-0.15, -0.1) is 0 Å². The van der Waals surface area contributed by atoms with E-state index < -0.39 is 0 Å². The number of thioether (sulfide) groups is 1. The zero-order valence-corrected chi connectivity index (χ0v) is 10.3. The molecule has 0 saturated carbocycles. The van der Waals surface area contributed by atoms with Gasteiger partial charge in [0.1, 0.15) is 0 Å². The average Bonchev–Trinajstić information content (AvgIpc) is 2.21. The van der Waals surface area contributed by atoms with E-state index in [1.165, 1.54) is 17.7 Å². The molecule has 0 radical (unpaired) electrons. The largest absolute Gasteiger partial charge is 0.165 e. The van der Waals surface area contributed by atoms with Gasteiger partial charge in [0.05, 0.1) is 0 Å². The number of hydrogen-bond acceptors (Lipinski definition) is 1. The Bertz CT molecular complexity index is 223. The predicted octanol–water partition coefficient (Wildman–Crippen LogP) is 3.92. The summed E-state index contributed by atoms with van der Waals surface area (Å²) in [5.74, 6) is 1.92. The summed E-state index contributed by atoms with van der Waals surface area (Å²) in [5, 5.41) is 1.07. The van der Waals surface area contributed by atoms with E-state index in [2.05, 4.69) is 52.5 Å². The van der Waals surface area contributed by atoms with Gasteiger partial charge in [0.2, 0.25) is 0 Å². The van der Waals surface area contributed by atoms with Gasteiger partial charge in [-0.3, -0.25) is 0 Å². The minimum atomic E-state index is 0.675. The highest BCUT2D eigenvalue weighted by atomic mass is 79.9. The lowest BCUT2D eigenvalue weighted by Crippen LogP contribution is -2.01. The molecule has 0 bridgehead atoms. The molecule has 0 aromatic heterocycles. The molecule has 0 aliphatic carbocycles. The summed E-state index contributed by atoms with van der Waals surface area (Å²) < 4.78 is 0. The Balaban J connectivity index is 2.56. The molecule has 2 heteroatoms. The van der Waals surface area contributed by atoms with Gasteiger partial charge in [-0.1, -0.05) is 46.3 Å². The smallest absolute Gasteiger partial charge is 0.0100 e. The number of hydrogen-bond donors (Lipinski definition) is 0. The van der Waals surface area contributed by atoms with Crippen molar-refractivity contribution in [1.82, 2.24) is 0 Å². The molecule has 0 fully saturated rings. The van der Waals surface area contributed by atoms with Crippen molar-refractivity contribution < 1.29 is 0 Å². The van der Waals surface area contributed by atoms with Crippen LogP contribution in [0.15, 0.2) is 30.3 Å². The lowest BCUT2D eigenvalue weighted by atomic mass is 9.99. The van der Waals surface area contributed by atoms with Gasteiger partial charge >= 0.3 is 0 Å². The molecule has 1 aromatic rings. The number of benzene rings is 1. The molecule has 0 aliphatic heterocycles. The molecule has 0 amide bonds. The number of alkyl halides is 1. The van der Waals surface area contributed by atoms with Crippen LogP contribution >= 0.6 is 27.7 Å². The Kier molecular flexibility index (Phi) is 5.56. The first kappa shape index (κ1) is 11.1. The zero-order valence-electron chi connectivity index (χ0n) is 7.87. The molecule has 0 spiro atoms. The first-order valence-electron chi connectivity index (χ1n) is 4.48. The summed E-state index contributed by atoms with van der Waals surface area (Å²) in [6, 6.07) is 10.7. The Morgan fingerprint density at radius 1 is 1.31 bits per heavy atom. The fourth-order valence-corrected chi connectivity index (χ4v) is 2.54. The van der Waals surface area contributed by atoms with Gasteiger partial charge < -0.3 is 0 Å². The van der Waals surface area contributed by atoms with Gasteiger partial charge in [0.15, 0.2) is 0 Å². The number of halogens is 1. The Hall–Kier alpha value is 0.0500. The fraction of sp³-hybridized carbons (Fsp3) is 0.455. The number of rotatable bonds is 5. The second-order valence-electron chi connectivity index (χ2n) is 3.04. The molecule has 0 aliphatic rings. The van der Waals surface area contributed by atoms with E-state index in [0.29, 0.717) is 5.92 Å². The van der Waals surface area contributed by atoms with Crippen molar-refractivity contribution in [3.8, 4) is 0 Å². The molecule has 1 rings (SSSR count). The lowest BCUT2D eigenvalue weighted by molar-refractivity contribution is 0.757. The summed E-state index contributed by atoms with van der Waals surface area (Å²) in [6.07, 6.45) is 3.42. The van der Waals surface area contributed by atoms with Gasteiger partial charge in [-0.2, -0.15) is 11.8 Å². The predicted molar refractivity (Wildman–Crippen MR) is 66.0 cm³/mol. The van der Waals surface area contributed by atoms with Crippen LogP contribution in [0.25, 0.3) is 0 Å². The molecule has 72 valence electrons. The van der Waals surface area contributed by atoms with Crippen molar-refractivity contribution in [2.75, 3.05) is 17.3 Å². The highest BCUT2D eigenvalue weighted by Crippen LogP contribution is 2.22. The summed E-state index contributed by atoms with van der Waals surface area (Å²) in [4.78, 5) is 0. The molecule has 0 heterocycles. The monoisotopic (exact) mass is 258 g/mol. The first-order valence-corrected chi connectivity index (χ1v) is 7.00. The van der Waals surface area contributed by atoms with Gasteiger partial charge in [0, 0.05) is 5.33 Å². The van der Waals surface area contributed by atoms with Gasteiger partial charge in [-0.25, -0.2) is 0 Å². The van der Waals surface area contributed by atoms with Crippen molar-refractivity contribution in [3.63, 3.8) is 0 Å². The van der Waals surface area contributed by atoms with Crippen molar-refractivity contribution >= 4 is 27.7 Å². The molecule has 1 aromatic carbocycles. The van der Waals surface area contributed by atoms with Crippen LogP contribution in [-0.2, 0) is 0 Å². The third-order valence-electron chi connectivity index (χ3n) is 2.13. The third kappa shape index (κ3) is 3.74. The summed E-state index contributed by atoms with van der Waals surface area (Å²) in [7, 11) is 0. The SMILES string of the molecule is CSCCC(CBr)c1ccccc1. The fourth-order valence-electron chi connectivity index (χ4n) is 1.32. The normalized spacial score (nSPS) is 12.8. The molecule has 0 saturated heterocycles. The molecule has 13 heavy (non-hydrogen) atoms. The van der Waals surface area contributed by atoms with Crippen LogP contribution in [0.4, 0.5) is 0 Å². The van der Waals surface area contributed by atoms with Crippen molar-refractivity contribution in [2.45, 2.75) is 12.3 Å². The van der Waals surface area contributed by atoms with Crippen LogP contribution in [0, 0.1) is 0 Å². The van der Waals surface area contributed by atoms with E-state index in [1.54, 1.807) is 0 Å². The van der Waals surface area contributed by atoms with E-state index >= 15 is 0 Å². The maximum absolute atomic E-state index is 3.57. The summed E-state index contributed by atoms with van der Waals surface area (Å²) >= 11 is 5.49. The zero-order chi connectivity index (χ0) is 9.52. The van der Waals surface area contributed by atoms with Crippen LogP contribution in [0.3, 0.4) is 0 Å². The van der Waals surface area contributed by atoms with Crippen LogP contribution in [-0.4, -0.2) is 17.3 Å². The second-order valence-corrected chi connectivity index (χ2v) is 4.68. The van der Waals surface area contributed by atoms with Gasteiger partial charge in [0.25, 0.3) is 0 Å². The van der Waals surface area contributed by atoms with E-state index in [0.717, 1.165) is 5.33 Å². The van der Waals surface area contributed by atoms with Gasteiger partial charge in [-0.05, 0) is 29.9 Å².